The fraction of sp³-hybridized carbons (Fsp3) is 0.333. The second-order valence-electron chi connectivity index (χ2n) is 5.98. The smallest absolute Gasteiger partial charge is 0.0408 e. The molecule has 27 heavy (non-hydrogen) atoms. The van der Waals surface area contributed by atoms with E-state index >= 15 is 0 Å². The summed E-state index contributed by atoms with van der Waals surface area (Å²) in [6.07, 6.45) is 0. The van der Waals surface area contributed by atoms with Gasteiger partial charge < -0.3 is 31.0 Å². The zero-order chi connectivity index (χ0) is 17.7. The Bertz CT molecular complexity index is 648. The molecule has 6 nitrogen and oxygen atoms in total. The van der Waals surface area contributed by atoms with Gasteiger partial charge in [-0.25, -0.2) is 0 Å². The molecule has 0 heterocycles. The Morgan fingerprint density at radius 3 is 1.41 bits per heavy atom. The summed E-state index contributed by atoms with van der Waals surface area (Å²) in [6, 6.07) is 9.61. The fourth-order valence-corrected chi connectivity index (χ4v) is 2.81. The monoisotopic (exact) mass is 496 g/mol. The molecule has 9 heteroatoms. The second-order valence-corrected chi connectivity index (χ2v) is 6.85. The molecular formula is C18H20Cl2MoN2O4-6. The third-order valence-electron chi connectivity index (χ3n) is 3.79. The van der Waals surface area contributed by atoms with Gasteiger partial charge in [-0.15, -0.1) is 11.5 Å². The number of benzene rings is 2. The first-order chi connectivity index (χ1) is 11.3. The first kappa shape index (κ1) is 28.4. The van der Waals surface area contributed by atoms with Crippen LogP contribution in [0, 0.1) is 0 Å². The maximum atomic E-state index is 11.8. The van der Waals surface area contributed by atoms with Crippen molar-refractivity contribution in [3.8, 4) is 11.5 Å². The minimum Gasteiger partial charge on any atom is -2.00 e. The van der Waals surface area contributed by atoms with Crippen molar-refractivity contribution in [2.45, 2.75) is 13.1 Å². The summed E-state index contributed by atoms with van der Waals surface area (Å²) >= 11 is 11.9. The van der Waals surface area contributed by atoms with Crippen LogP contribution >= 0.6 is 23.2 Å². The van der Waals surface area contributed by atoms with Gasteiger partial charge in [-0.3, -0.25) is 0 Å². The van der Waals surface area contributed by atoms with Gasteiger partial charge in [-0.05, 0) is 49.5 Å². The summed E-state index contributed by atoms with van der Waals surface area (Å²) in [4.78, 5) is 4.11. The minimum absolute atomic E-state index is 0. The number of rotatable bonds is 7. The van der Waals surface area contributed by atoms with Crippen molar-refractivity contribution in [2.24, 2.45) is 0 Å². The van der Waals surface area contributed by atoms with Gasteiger partial charge in [0.1, 0.15) is 0 Å². The normalized spacial score (nSPS) is 10.1. The predicted octanol–water partition coefficient (Wildman–Crippen LogP) is 2.46. The fourth-order valence-electron chi connectivity index (χ4n) is 2.42. The molecule has 0 N–H and O–H groups in total. The van der Waals surface area contributed by atoms with E-state index in [9.17, 15) is 10.2 Å². The van der Waals surface area contributed by atoms with Crippen molar-refractivity contribution < 1.29 is 42.2 Å². The van der Waals surface area contributed by atoms with Crippen molar-refractivity contribution in [1.29, 1.82) is 0 Å². The van der Waals surface area contributed by atoms with E-state index in [0.29, 0.717) is 34.3 Å². The van der Waals surface area contributed by atoms with Crippen LogP contribution < -0.4 is 10.2 Å². The van der Waals surface area contributed by atoms with Crippen molar-refractivity contribution in [1.82, 2.24) is 9.80 Å². The third kappa shape index (κ3) is 9.26. The number of nitrogens with zero attached hydrogens (tertiary/aromatic N) is 2. The van der Waals surface area contributed by atoms with Gasteiger partial charge in [0.2, 0.25) is 0 Å². The Morgan fingerprint density at radius 2 is 1.07 bits per heavy atom. The van der Waals surface area contributed by atoms with E-state index in [2.05, 4.69) is 9.80 Å². The van der Waals surface area contributed by atoms with E-state index in [1.807, 2.05) is 14.1 Å². The van der Waals surface area contributed by atoms with Crippen LogP contribution in [0.25, 0.3) is 0 Å². The molecule has 2 rings (SSSR count). The van der Waals surface area contributed by atoms with Crippen molar-refractivity contribution in [3.05, 3.63) is 57.6 Å². The predicted molar refractivity (Wildman–Crippen MR) is 95.8 cm³/mol. The van der Waals surface area contributed by atoms with Crippen LogP contribution in [-0.4, -0.2) is 37.0 Å². The maximum Gasteiger partial charge on any atom is 0.0408 e. The average molecular weight is 495 g/mol. The first-order valence-corrected chi connectivity index (χ1v) is 8.38. The van der Waals surface area contributed by atoms with Crippen LogP contribution in [0.15, 0.2) is 36.4 Å². The van der Waals surface area contributed by atoms with E-state index in [0.717, 1.165) is 13.1 Å². The Balaban J connectivity index is 0. The summed E-state index contributed by atoms with van der Waals surface area (Å²) in [5.74, 6) is -0.0101. The van der Waals surface area contributed by atoms with Crippen molar-refractivity contribution >= 4 is 23.2 Å². The van der Waals surface area contributed by atoms with Gasteiger partial charge in [0.15, 0.2) is 0 Å². The molecule has 0 fully saturated rings. The van der Waals surface area contributed by atoms with Gasteiger partial charge >= 0.3 is 0 Å². The number of hydrogen-bond donors (Lipinski definition) is 0. The Hall–Kier alpha value is -0.852. The molecule has 0 spiro atoms. The largest absolute Gasteiger partial charge is 2.00 e. The molecule has 0 aliphatic rings. The van der Waals surface area contributed by atoms with E-state index in [4.69, 9.17) is 23.2 Å². The molecule has 152 valence electrons. The van der Waals surface area contributed by atoms with E-state index in [1.54, 1.807) is 24.3 Å². The topological polar surface area (TPSA) is 110 Å². The van der Waals surface area contributed by atoms with Crippen LogP contribution in [0.4, 0.5) is 0 Å². The molecule has 0 aliphatic carbocycles. The molecule has 0 saturated heterocycles. The Kier molecular flexibility index (Phi) is 14.0. The average Bonchev–Trinajstić information content (AvgIpc) is 2.52. The van der Waals surface area contributed by atoms with Crippen molar-refractivity contribution in [3.63, 3.8) is 0 Å². The summed E-state index contributed by atoms with van der Waals surface area (Å²) in [5.41, 5.74) is 1.37. The van der Waals surface area contributed by atoms with E-state index in [-0.39, 0.29) is 43.5 Å². The van der Waals surface area contributed by atoms with Gasteiger partial charge in [0.25, 0.3) is 0 Å². The molecule has 0 aromatic heterocycles. The molecule has 0 amide bonds. The van der Waals surface area contributed by atoms with Crippen molar-refractivity contribution in [2.75, 3.05) is 27.2 Å². The summed E-state index contributed by atoms with van der Waals surface area (Å²) in [7, 11) is 3.90. The van der Waals surface area contributed by atoms with E-state index in [1.165, 1.54) is 12.1 Å². The molecule has 0 aliphatic heterocycles. The quantitative estimate of drug-likeness (QED) is 0.550. The Labute approximate surface area is 184 Å². The molecule has 0 saturated carbocycles. The summed E-state index contributed by atoms with van der Waals surface area (Å²) in [6.45, 7) is 2.60. The number of hydrogen-bond acceptors (Lipinski definition) is 4. The molecule has 0 radical (unpaired) electrons. The SMILES string of the molecule is CN(CCN(C)Cc1cc(Cl)ccc1[O-])Cc1cc(Cl)ccc1[O-].[Mo].[O-2].[O-2]. The molecule has 0 unspecified atom stereocenters. The van der Waals surface area contributed by atoms with Gasteiger partial charge in [0, 0.05) is 57.3 Å². The van der Waals surface area contributed by atoms with E-state index < -0.39 is 0 Å². The third-order valence-corrected chi connectivity index (χ3v) is 4.26. The Morgan fingerprint density at radius 1 is 0.741 bits per heavy atom. The molecule has 2 aromatic rings. The second kappa shape index (κ2) is 13.3. The molecule has 0 bridgehead atoms. The first-order valence-electron chi connectivity index (χ1n) is 7.63. The molecule has 0 atom stereocenters. The number of likely N-dealkylation sites (N-methyl/N-ethyl adjacent to an activating group) is 2. The van der Waals surface area contributed by atoms with Crippen LogP contribution in [0.2, 0.25) is 10.0 Å². The zero-order valence-electron chi connectivity index (χ0n) is 15.0. The molecular weight excluding hydrogens is 475 g/mol. The van der Waals surface area contributed by atoms with Crippen LogP contribution in [0.1, 0.15) is 11.1 Å². The summed E-state index contributed by atoms with van der Waals surface area (Å²) < 4.78 is 0. The van der Waals surface area contributed by atoms with Gasteiger partial charge in [-0.1, -0.05) is 35.3 Å². The summed E-state index contributed by atoms with van der Waals surface area (Å²) in [5, 5.41) is 24.8. The minimum atomic E-state index is -0.00507. The standard InChI is InChI=1S/C18H22Cl2N2O2.Mo.2O/c1-21(11-13-9-15(19)3-5-17(13)23)7-8-22(2)12-14-10-16(20)4-6-18(14)24;;;/h3-6,9-10,23-24H,7-8,11-12H2,1-2H3;;;/q;;2*-2/p-2. The van der Waals surface area contributed by atoms with Crippen LogP contribution in [0.5, 0.6) is 11.5 Å². The number of halogens is 2. The van der Waals surface area contributed by atoms with Gasteiger partial charge in [0.05, 0.1) is 0 Å². The van der Waals surface area contributed by atoms with Crippen LogP contribution in [-0.2, 0) is 45.1 Å². The van der Waals surface area contributed by atoms with Crippen LogP contribution in [0.3, 0.4) is 0 Å². The van der Waals surface area contributed by atoms with Gasteiger partial charge in [-0.2, -0.15) is 0 Å². The molecule has 2 aromatic carbocycles. The zero-order valence-corrected chi connectivity index (χ0v) is 18.5. The maximum absolute atomic E-state index is 11.8.